The molecule has 1 aliphatic rings. The number of rotatable bonds is 4. The van der Waals surface area contributed by atoms with Crippen molar-refractivity contribution in [2.75, 3.05) is 18.8 Å². The van der Waals surface area contributed by atoms with Gasteiger partial charge < -0.3 is 10.2 Å². The molecule has 7 heteroatoms. The molecule has 0 saturated carbocycles. The number of hydrogen-bond donors (Lipinski definition) is 2. The summed E-state index contributed by atoms with van der Waals surface area (Å²) in [5.41, 5.74) is 0. The Morgan fingerprint density at radius 2 is 2.13 bits per heavy atom. The van der Waals surface area contributed by atoms with Crippen molar-refractivity contribution in [2.45, 2.75) is 25.4 Å². The lowest BCUT2D eigenvalue weighted by atomic mass is 10.1. The van der Waals surface area contributed by atoms with Gasteiger partial charge in [0.05, 0.1) is 18.3 Å². The molecule has 1 fully saturated rings. The van der Waals surface area contributed by atoms with E-state index in [4.69, 9.17) is 5.11 Å². The van der Waals surface area contributed by atoms with Crippen molar-refractivity contribution in [3.8, 4) is 0 Å². The third-order valence-corrected chi connectivity index (χ3v) is 4.16. The second kappa shape index (κ2) is 4.91. The Morgan fingerprint density at radius 1 is 1.47 bits per heavy atom. The Balaban J connectivity index is 2.56. The third-order valence-electron chi connectivity index (χ3n) is 2.33. The van der Waals surface area contributed by atoms with Gasteiger partial charge in [0.25, 0.3) is 0 Å². The largest absolute Gasteiger partial charge is 0.481 e. The summed E-state index contributed by atoms with van der Waals surface area (Å²) >= 11 is 0. The Hall–Kier alpha value is -0.660. The smallest absolute Gasteiger partial charge is 0.304 e. The number of carboxylic acid groups (broad SMARTS) is 1. The van der Waals surface area contributed by atoms with Gasteiger partial charge in [-0.15, -0.1) is 0 Å². The van der Waals surface area contributed by atoms with E-state index in [2.05, 4.69) is 0 Å². The number of aliphatic hydroxyl groups excluding tert-OH is 1. The van der Waals surface area contributed by atoms with Crippen LogP contribution in [0.5, 0.6) is 0 Å². The van der Waals surface area contributed by atoms with Crippen LogP contribution < -0.4 is 0 Å². The van der Waals surface area contributed by atoms with Crippen LogP contribution in [0.1, 0.15) is 19.3 Å². The molecule has 0 radical (unpaired) electrons. The lowest BCUT2D eigenvalue weighted by Crippen LogP contribution is -2.43. The quantitative estimate of drug-likeness (QED) is 0.670. The molecule has 1 atom stereocenters. The van der Waals surface area contributed by atoms with Gasteiger partial charge in [-0.05, 0) is 12.8 Å². The van der Waals surface area contributed by atoms with E-state index in [9.17, 15) is 18.3 Å². The molecule has 0 amide bonds. The Labute approximate surface area is 88.6 Å². The number of piperidine rings is 1. The third kappa shape index (κ3) is 3.77. The standard InChI is InChI=1S/C8H15NO5S/c10-7-2-1-4-9(6-7)15(13,14)5-3-8(11)12/h7,10H,1-6H2,(H,11,12)/t7-/m0/s1. The highest BCUT2D eigenvalue weighted by atomic mass is 32.2. The number of β-amino-alcohol motifs (C(OH)–C–C–N with tert-alkyl or cyclic N) is 1. The molecule has 0 aromatic heterocycles. The number of carboxylic acids is 1. The molecule has 1 aliphatic heterocycles. The van der Waals surface area contributed by atoms with Crippen molar-refractivity contribution in [3.05, 3.63) is 0 Å². The monoisotopic (exact) mass is 237 g/mol. The zero-order chi connectivity index (χ0) is 11.5. The average molecular weight is 237 g/mol. The van der Waals surface area contributed by atoms with Crippen molar-refractivity contribution >= 4 is 16.0 Å². The van der Waals surface area contributed by atoms with Crippen molar-refractivity contribution in [2.24, 2.45) is 0 Å². The van der Waals surface area contributed by atoms with Gasteiger partial charge in [-0.25, -0.2) is 8.42 Å². The van der Waals surface area contributed by atoms with Gasteiger partial charge in [0, 0.05) is 13.1 Å². The molecular formula is C8H15NO5S. The highest BCUT2D eigenvalue weighted by Crippen LogP contribution is 2.14. The number of aliphatic carboxylic acids is 1. The van der Waals surface area contributed by atoms with Gasteiger partial charge in [0.15, 0.2) is 0 Å². The minimum absolute atomic E-state index is 0.0853. The first-order chi connectivity index (χ1) is 6.92. The Kier molecular flexibility index (Phi) is 4.06. The van der Waals surface area contributed by atoms with Crippen LogP contribution in [-0.4, -0.2) is 53.9 Å². The molecule has 88 valence electrons. The summed E-state index contributed by atoms with van der Waals surface area (Å²) in [6.07, 6.45) is 0.200. The highest BCUT2D eigenvalue weighted by molar-refractivity contribution is 7.89. The lowest BCUT2D eigenvalue weighted by molar-refractivity contribution is -0.136. The van der Waals surface area contributed by atoms with Crippen LogP contribution in [0.25, 0.3) is 0 Å². The van der Waals surface area contributed by atoms with E-state index in [-0.39, 0.29) is 6.54 Å². The van der Waals surface area contributed by atoms with Crippen LogP contribution in [0.3, 0.4) is 0 Å². The summed E-state index contributed by atoms with van der Waals surface area (Å²) in [5, 5.41) is 17.7. The molecule has 0 aromatic carbocycles. The number of aliphatic hydroxyl groups is 1. The van der Waals surface area contributed by atoms with Crippen molar-refractivity contribution in [1.29, 1.82) is 0 Å². The summed E-state index contributed by atoms with van der Waals surface area (Å²) < 4.78 is 24.3. The van der Waals surface area contributed by atoms with E-state index in [0.29, 0.717) is 19.4 Å². The molecule has 0 unspecified atom stereocenters. The number of hydrogen-bond acceptors (Lipinski definition) is 4. The maximum absolute atomic E-state index is 11.6. The highest BCUT2D eigenvalue weighted by Gasteiger charge is 2.27. The predicted molar refractivity (Wildman–Crippen MR) is 52.9 cm³/mol. The summed E-state index contributed by atoms with van der Waals surface area (Å²) in [4.78, 5) is 10.3. The minimum atomic E-state index is -3.52. The van der Waals surface area contributed by atoms with Crippen LogP contribution >= 0.6 is 0 Å². The van der Waals surface area contributed by atoms with Gasteiger partial charge in [0.1, 0.15) is 0 Å². The van der Waals surface area contributed by atoms with E-state index >= 15 is 0 Å². The van der Waals surface area contributed by atoms with Crippen LogP contribution in [0.4, 0.5) is 0 Å². The summed E-state index contributed by atoms with van der Waals surface area (Å²) in [6.45, 7) is 0.459. The van der Waals surface area contributed by atoms with Gasteiger partial charge in [0.2, 0.25) is 10.0 Å². The van der Waals surface area contributed by atoms with E-state index < -0.39 is 34.3 Å². The molecule has 0 aliphatic carbocycles. The summed E-state index contributed by atoms with van der Waals surface area (Å²) in [5.74, 6) is -1.52. The van der Waals surface area contributed by atoms with Gasteiger partial charge in [-0.1, -0.05) is 0 Å². The molecule has 1 rings (SSSR count). The fourth-order valence-electron chi connectivity index (χ4n) is 1.52. The van der Waals surface area contributed by atoms with Gasteiger partial charge in [-0.2, -0.15) is 4.31 Å². The number of nitrogens with zero attached hydrogens (tertiary/aromatic N) is 1. The van der Waals surface area contributed by atoms with E-state index in [0.717, 1.165) is 0 Å². The normalized spacial score (nSPS) is 23.9. The molecule has 0 aromatic rings. The molecule has 1 heterocycles. The van der Waals surface area contributed by atoms with Crippen LogP contribution in [-0.2, 0) is 14.8 Å². The molecule has 0 bridgehead atoms. The Morgan fingerprint density at radius 3 is 2.67 bits per heavy atom. The van der Waals surface area contributed by atoms with Crippen molar-refractivity contribution in [3.63, 3.8) is 0 Å². The van der Waals surface area contributed by atoms with E-state index in [1.54, 1.807) is 0 Å². The lowest BCUT2D eigenvalue weighted by Gasteiger charge is -2.28. The fourth-order valence-corrected chi connectivity index (χ4v) is 3.02. The summed E-state index contributed by atoms with van der Waals surface area (Å²) in [6, 6.07) is 0. The average Bonchev–Trinajstić information content (AvgIpc) is 2.15. The molecular weight excluding hydrogens is 222 g/mol. The zero-order valence-electron chi connectivity index (χ0n) is 8.29. The van der Waals surface area contributed by atoms with Crippen LogP contribution in [0.15, 0.2) is 0 Å². The molecule has 1 saturated heterocycles. The predicted octanol–water partition coefficient (Wildman–Crippen LogP) is -0.752. The van der Waals surface area contributed by atoms with Crippen molar-refractivity contribution in [1.82, 2.24) is 4.31 Å². The minimum Gasteiger partial charge on any atom is -0.481 e. The maximum atomic E-state index is 11.6. The van der Waals surface area contributed by atoms with E-state index in [1.165, 1.54) is 4.31 Å². The van der Waals surface area contributed by atoms with Crippen molar-refractivity contribution < 1.29 is 23.4 Å². The number of sulfonamides is 1. The molecule has 2 N–H and O–H groups in total. The van der Waals surface area contributed by atoms with Gasteiger partial charge in [-0.3, -0.25) is 4.79 Å². The second-order valence-electron chi connectivity index (χ2n) is 3.61. The maximum Gasteiger partial charge on any atom is 0.304 e. The topological polar surface area (TPSA) is 94.9 Å². The fraction of sp³-hybridized carbons (Fsp3) is 0.875. The molecule has 6 nitrogen and oxygen atoms in total. The van der Waals surface area contributed by atoms with Crippen LogP contribution in [0.2, 0.25) is 0 Å². The number of carbonyl (C=O) groups is 1. The first-order valence-electron chi connectivity index (χ1n) is 4.79. The zero-order valence-corrected chi connectivity index (χ0v) is 9.11. The van der Waals surface area contributed by atoms with E-state index in [1.807, 2.05) is 0 Å². The van der Waals surface area contributed by atoms with Gasteiger partial charge >= 0.3 is 5.97 Å². The Bertz CT molecular complexity index is 326. The first kappa shape index (κ1) is 12.4. The van der Waals surface area contributed by atoms with Crippen LogP contribution in [0, 0.1) is 0 Å². The first-order valence-corrected chi connectivity index (χ1v) is 6.40. The molecule has 15 heavy (non-hydrogen) atoms. The molecule has 0 spiro atoms. The summed E-state index contributed by atoms with van der Waals surface area (Å²) in [7, 11) is -3.52. The second-order valence-corrected chi connectivity index (χ2v) is 5.70. The SMILES string of the molecule is O=C(O)CCS(=O)(=O)N1CCC[C@H](O)C1.